The van der Waals surface area contributed by atoms with Crippen LogP contribution in [0.4, 0.5) is 5.88 Å². The maximum Gasteiger partial charge on any atom is 0.313 e. The van der Waals surface area contributed by atoms with Crippen molar-refractivity contribution in [3.05, 3.63) is 53.4 Å². The number of thiophene rings is 1. The van der Waals surface area contributed by atoms with E-state index in [0.29, 0.717) is 10.4 Å². The van der Waals surface area contributed by atoms with Crippen molar-refractivity contribution in [3.8, 4) is 22.1 Å². The molecule has 3 aromatic rings. The average Bonchev–Trinajstić information content (AvgIpc) is 3.11. The molecule has 1 aromatic carbocycles. The molecular weight excluding hydrogens is 338 g/mol. The fraction of sp³-hybridized carbons (Fsp3) is 0.0667. The Bertz CT molecular complexity index is 899. The van der Waals surface area contributed by atoms with Gasteiger partial charge >= 0.3 is 10.1 Å². The van der Waals surface area contributed by atoms with Crippen LogP contribution in [0.1, 0.15) is 5.56 Å². The molecule has 0 saturated heterocycles. The normalized spacial score (nSPS) is 11.5. The lowest BCUT2D eigenvalue weighted by molar-refractivity contribution is 0.432. The van der Waals surface area contributed by atoms with Gasteiger partial charge < -0.3 is 19.4 Å². The van der Waals surface area contributed by atoms with Gasteiger partial charge in [0, 0.05) is 0 Å². The van der Waals surface area contributed by atoms with Crippen LogP contribution in [0.25, 0.3) is 10.6 Å². The van der Waals surface area contributed by atoms with E-state index in [1.807, 2.05) is 0 Å². The molecule has 2 heterocycles. The number of aromatic hydroxyl groups is 1. The summed E-state index contributed by atoms with van der Waals surface area (Å²) >= 11 is 1.32. The minimum atomic E-state index is -3.98. The lowest BCUT2D eigenvalue weighted by atomic mass is 10.2. The molecule has 0 radical (unpaired) electrons. The number of hydrogen-bond donors (Lipinski definition) is 2. The highest BCUT2D eigenvalue weighted by Crippen LogP contribution is 2.46. The predicted molar refractivity (Wildman–Crippen MR) is 87.8 cm³/mol. The Labute approximate surface area is 136 Å². The highest BCUT2D eigenvalue weighted by Gasteiger charge is 2.26. The molecular formula is C15H13NO5S2. The molecule has 0 unspecified atom stereocenters. The lowest BCUT2D eigenvalue weighted by Gasteiger charge is -2.06. The lowest BCUT2D eigenvalue weighted by Crippen LogP contribution is -2.12. The summed E-state index contributed by atoms with van der Waals surface area (Å²) in [5.74, 6) is -1.36. The molecule has 0 aliphatic carbocycles. The fourth-order valence-electron chi connectivity index (χ4n) is 2.01. The summed E-state index contributed by atoms with van der Waals surface area (Å²) in [6, 6.07) is 12.0. The van der Waals surface area contributed by atoms with Crippen LogP contribution in [0, 0.1) is 0 Å². The van der Waals surface area contributed by atoms with Crippen molar-refractivity contribution < 1.29 is 22.1 Å². The predicted octanol–water partition coefficient (Wildman–Crippen LogP) is 3.20. The summed E-state index contributed by atoms with van der Waals surface area (Å²) in [4.78, 5) is 0.615. The molecule has 2 aromatic heterocycles. The maximum atomic E-state index is 12.1. The van der Waals surface area contributed by atoms with E-state index in [4.69, 9.17) is 14.3 Å². The van der Waals surface area contributed by atoms with E-state index in [1.165, 1.54) is 11.3 Å². The monoisotopic (exact) mass is 351 g/mol. The van der Waals surface area contributed by atoms with Gasteiger partial charge in [-0.05, 0) is 17.0 Å². The molecule has 0 amide bonds. The van der Waals surface area contributed by atoms with Crippen molar-refractivity contribution in [1.82, 2.24) is 0 Å². The third-order valence-electron chi connectivity index (χ3n) is 3.01. The third kappa shape index (κ3) is 3.33. The zero-order valence-electron chi connectivity index (χ0n) is 11.8. The smallest absolute Gasteiger partial charge is 0.313 e. The Morgan fingerprint density at radius 3 is 2.57 bits per heavy atom. The van der Waals surface area contributed by atoms with Gasteiger partial charge in [0.25, 0.3) is 0 Å². The Morgan fingerprint density at radius 2 is 1.91 bits per heavy atom. The number of nitrogen functional groups attached to an aromatic ring is 1. The topological polar surface area (TPSA) is 103 Å². The summed E-state index contributed by atoms with van der Waals surface area (Å²) < 4.78 is 34.5. The first-order valence-electron chi connectivity index (χ1n) is 6.57. The molecule has 0 saturated carbocycles. The van der Waals surface area contributed by atoms with Gasteiger partial charge in [-0.25, -0.2) is 0 Å². The number of anilines is 1. The molecule has 120 valence electrons. The minimum absolute atomic E-state index is 0.0856. The van der Waals surface area contributed by atoms with Crippen LogP contribution < -0.4 is 9.92 Å². The molecule has 3 N–H and O–H groups in total. The first kappa shape index (κ1) is 15.4. The average molecular weight is 351 g/mol. The number of benzene rings is 1. The second-order valence-electron chi connectivity index (χ2n) is 4.72. The van der Waals surface area contributed by atoms with Crippen molar-refractivity contribution in [3.63, 3.8) is 0 Å². The zero-order valence-corrected chi connectivity index (χ0v) is 13.4. The van der Waals surface area contributed by atoms with Crippen molar-refractivity contribution in [1.29, 1.82) is 0 Å². The molecule has 23 heavy (non-hydrogen) atoms. The van der Waals surface area contributed by atoms with Gasteiger partial charge in [0.2, 0.25) is 17.4 Å². The maximum absolute atomic E-state index is 12.1. The van der Waals surface area contributed by atoms with Gasteiger partial charge in [0.1, 0.15) is 5.75 Å². The quantitative estimate of drug-likeness (QED) is 0.684. The standard InChI is InChI=1S/C15H13NO5S2/c16-15-14(12(17)13(20-15)11-7-4-8-22-11)21-23(18,19)9-10-5-2-1-3-6-10/h1-8,17H,9,16H2. The van der Waals surface area contributed by atoms with Gasteiger partial charge in [0.15, 0.2) is 5.76 Å². The summed E-state index contributed by atoms with van der Waals surface area (Å²) in [5, 5.41) is 11.9. The molecule has 8 heteroatoms. The van der Waals surface area contributed by atoms with Crippen molar-refractivity contribution in [2.75, 3.05) is 5.73 Å². The molecule has 0 aliphatic rings. The summed E-state index contributed by atoms with van der Waals surface area (Å²) in [6.07, 6.45) is 0. The van der Waals surface area contributed by atoms with Gasteiger partial charge in [-0.15, -0.1) is 11.3 Å². The fourth-order valence-corrected chi connectivity index (χ4v) is 3.80. The SMILES string of the molecule is Nc1oc(-c2cccs2)c(O)c1OS(=O)(=O)Cc1ccccc1. The number of hydrogen-bond acceptors (Lipinski definition) is 7. The molecule has 0 fully saturated rings. The molecule has 0 aliphatic heterocycles. The largest absolute Gasteiger partial charge is 0.501 e. The van der Waals surface area contributed by atoms with Gasteiger partial charge in [-0.3, -0.25) is 0 Å². The van der Waals surface area contributed by atoms with Crippen molar-refractivity contribution >= 4 is 27.3 Å². The van der Waals surface area contributed by atoms with E-state index in [1.54, 1.807) is 47.8 Å². The van der Waals surface area contributed by atoms with Crippen molar-refractivity contribution in [2.24, 2.45) is 0 Å². The van der Waals surface area contributed by atoms with Crippen LogP contribution in [0.2, 0.25) is 0 Å². The summed E-state index contributed by atoms with van der Waals surface area (Å²) in [6.45, 7) is 0. The molecule has 3 rings (SSSR count). The van der Waals surface area contributed by atoms with Crippen LogP contribution in [0.3, 0.4) is 0 Å². The minimum Gasteiger partial charge on any atom is -0.501 e. The van der Waals surface area contributed by atoms with E-state index >= 15 is 0 Å². The molecule has 6 nitrogen and oxygen atoms in total. The number of nitrogens with two attached hydrogens (primary N) is 1. The molecule has 0 spiro atoms. The number of furan rings is 1. The van der Waals surface area contributed by atoms with E-state index < -0.39 is 15.9 Å². The second kappa shape index (κ2) is 5.98. The second-order valence-corrected chi connectivity index (χ2v) is 7.24. The van der Waals surface area contributed by atoms with Crippen LogP contribution in [-0.2, 0) is 15.9 Å². The van der Waals surface area contributed by atoms with Gasteiger partial charge in [0.05, 0.1) is 4.88 Å². The Kier molecular flexibility index (Phi) is 4.01. The Balaban J connectivity index is 1.88. The van der Waals surface area contributed by atoms with E-state index in [-0.39, 0.29) is 23.1 Å². The van der Waals surface area contributed by atoms with Crippen LogP contribution in [0.15, 0.2) is 52.3 Å². The van der Waals surface area contributed by atoms with E-state index in [0.717, 1.165) is 0 Å². The summed E-state index contributed by atoms with van der Waals surface area (Å²) in [7, 11) is -3.98. The highest BCUT2D eigenvalue weighted by molar-refractivity contribution is 7.86. The first-order valence-corrected chi connectivity index (χ1v) is 9.03. The van der Waals surface area contributed by atoms with E-state index in [2.05, 4.69) is 0 Å². The number of rotatable bonds is 5. The van der Waals surface area contributed by atoms with Crippen LogP contribution in [0.5, 0.6) is 11.5 Å². The van der Waals surface area contributed by atoms with Crippen molar-refractivity contribution in [2.45, 2.75) is 5.75 Å². The van der Waals surface area contributed by atoms with Gasteiger partial charge in [-0.1, -0.05) is 36.4 Å². The first-order chi connectivity index (χ1) is 11.0. The Morgan fingerprint density at radius 1 is 1.17 bits per heavy atom. The van der Waals surface area contributed by atoms with Crippen LogP contribution >= 0.6 is 11.3 Å². The molecule has 0 atom stereocenters. The van der Waals surface area contributed by atoms with Crippen LogP contribution in [-0.4, -0.2) is 13.5 Å². The molecule has 0 bridgehead atoms. The van der Waals surface area contributed by atoms with Gasteiger partial charge in [-0.2, -0.15) is 8.42 Å². The summed E-state index contributed by atoms with van der Waals surface area (Å²) in [5.41, 5.74) is 6.20. The zero-order chi connectivity index (χ0) is 16.4. The Hall–Kier alpha value is -2.45. The highest BCUT2D eigenvalue weighted by atomic mass is 32.2. The third-order valence-corrected chi connectivity index (χ3v) is 4.98. The van der Waals surface area contributed by atoms with E-state index in [9.17, 15) is 13.5 Å².